The van der Waals surface area contributed by atoms with Gasteiger partial charge in [0.25, 0.3) is 5.91 Å². The number of anilines is 1. The third-order valence-electron chi connectivity index (χ3n) is 2.94. The van der Waals surface area contributed by atoms with Crippen LogP contribution < -0.4 is 14.4 Å². The molecule has 2 aromatic rings. The van der Waals surface area contributed by atoms with Gasteiger partial charge in [-0.3, -0.25) is 4.79 Å². The van der Waals surface area contributed by atoms with Crippen LogP contribution in [-0.4, -0.2) is 26.7 Å². The molecule has 0 fully saturated rings. The summed E-state index contributed by atoms with van der Waals surface area (Å²) in [6, 6.07) is 16.6. The summed E-state index contributed by atoms with van der Waals surface area (Å²) in [4.78, 5) is 13.6. The maximum atomic E-state index is 12.0. The Bertz CT molecular complexity index is 552. The third-order valence-corrected chi connectivity index (χ3v) is 2.94. The van der Waals surface area contributed by atoms with Crippen LogP contribution >= 0.6 is 0 Å². The van der Waals surface area contributed by atoms with Gasteiger partial charge in [-0.2, -0.15) is 0 Å². The monoisotopic (exact) mass is 271 g/mol. The smallest absolute Gasteiger partial charge is 0.264 e. The predicted octanol–water partition coefficient (Wildman–Crippen LogP) is 2.74. The molecule has 2 aromatic carbocycles. The van der Waals surface area contributed by atoms with Crippen LogP contribution in [0, 0.1) is 0 Å². The average Bonchev–Trinajstić information content (AvgIpc) is 2.53. The average molecular weight is 271 g/mol. The van der Waals surface area contributed by atoms with Crippen molar-refractivity contribution < 1.29 is 14.3 Å². The largest absolute Gasteiger partial charge is 0.497 e. The van der Waals surface area contributed by atoms with Crippen molar-refractivity contribution in [3.05, 3.63) is 54.6 Å². The zero-order valence-electron chi connectivity index (χ0n) is 11.6. The zero-order valence-corrected chi connectivity index (χ0v) is 11.6. The zero-order chi connectivity index (χ0) is 14.4. The van der Waals surface area contributed by atoms with Crippen molar-refractivity contribution in [1.29, 1.82) is 0 Å². The van der Waals surface area contributed by atoms with E-state index >= 15 is 0 Å². The number of likely N-dealkylation sites (N-methyl/N-ethyl adjacent to an activating group) is 1. The van der Waals surface area contributed by atoms with Crippen molar-refractivity contribution in [3.63, 3.8) is 0 Å². The molecule has 0 aliphatic heterocycles. The first-order valence-corrected chi connectivity index (χ1v) is 6.29. The van der Waals surface area contributed by atoms with Gasteiger partial charge in [-0.15, -0.1) is 0 Å². The molecule has 0 radical (unpaired) electrons. The van der Waals surface area contributed by atoms with Crippen LogP contribution in [-0.2, 0) is 4.79 Å². The Morgan fingerprint density at radius 3 is 2.25 bits per heavy atom. The van der Waals surface area contributed by atoms with E-state index in [1.54, 1.807) is 19.1 Å². The van der Waals surface area contributed by atoms with Crippen molar-refractivity contribution in [3.8, 4) is 11.5 Å². The number of nitrogens with zero attached hydrogens (tertiary/aromatic N) is 1. The quantitative estimate of drug-likeness (QED) is 0.839. The van der Waals surface area contributed by atoms with E-state index in [-0.39, 0.29) is 12.5 Å². The number of amides is 1. The fourth-order valence-corrected chi connectivity index (χ4v) is 1.71. The maximum absolute atomic E-state index is 12.0. The number of methoxy groups -OCH3 is 1. The number of benzene rings is 2. The molecule has 0 unspecified atom stereocenters. The summed E-state index contributed by atoms with van der Waals surface area (Å²) < 4.78 is 10.5. The summed E-state index contributed by atoms with van der Waals surface area (Å²) in [7, 11) is 3.33. The standard InChI is InChI=1S/C16H17NO3/c1-17(13-8-10-14(19-2)11-9-13)16(18)12-20-15-6-4-3-5-7-15/h3-11H,12H2,1-2H3. The van der Waals surface area contributed by atoms with Crippen LogP contribution in [0.4, 0.5) is 5.69 Å². The van der Waals surface area contributed by atoms with Crippen molar-refractivity contribution >= 4 is 11.6 Å². The van der Waals surface area contributed by atoms with Gasteiger partial charge < -0.3 is 14.4 Å². The molecule has 0 saturated heterocycles. The van der Waals surface area contributed by atoms with Crippen molar-refractivity contribution in [2.75, 3.05) is 25.7 Å². The van der Waals surface area contributed by atoms with Crippen LogP contribution in [0.5, 0.6) is 11.5 Å². The minimum Gasteiger partial charge on any atom is -0.497 e. The molecule has 0 N–H and O–H groups in total. The van der Waals surface area contributed by atoms with Gasteiger partial charge >= 0.3 is 0 Å². The molecule has 4 heteroatoms. The topological polar surface area (TPSA) is 38.8 Å². The van der Waals surface area contributed by atoms with Gasteiger partial charge in [0.2, 0.25) is 0 Å². The van der Waals surface area contributed by atoms with Crippen molar-refractivity contribution in [2.45, 2.75) is 0 Å². The second-order valence-electron chi connectivity index (χ2n) is 4.25. The minimum atomic E-state index is -0.112. The maximum Gasteiger partial charge on any atom is 0.264 e. The molecule has 0 saturated carbocycles. The molecule has 0 bridgehead atoms. The first-order valence-electron chi connectivity index (χ1n) is 6.29. The summed E-state index contributed by atoms with van der Waals surface area (Å²) in [5.41, 5.74) is 0.799. The molecule has 4 nitrogen and oxygen atoms in total. The second-order valence-corrected chi connectivity index (χ2v) is 4.25. The Morgan fingerprint density at radius 2 is 1.65 bits per heavy atom. The lowest BCUT2D eigenvalue weighted by atomic mass is 10.3. The third kappa shape index (κ3) is 3.51. The van der Waals surface area contributed by atoms with Gasteiger partial charge in [0.05, 0.1) is 7.11 Å². The van der Waals surface area contributed by atoms with Crippen LogP contribution in [0.2, 0.25) is 0 Å². The number of para-hydroxylation sites is 1. The fourth-order valence-electron chi connectivity index (χ4n) is 1.71. The molecular weight excluding hydrogens is 254 g/mol. The molecule has 0 aliphatic carbocycles. The molecule has 104 valence electrons. The minimum absolute atomic E-state index is 0.00649. The van der Waals surface area contributed by atoms with E-state index in [1.807, 2.05) is 54.6 Å². The van der Waals surface area contributed by atoms with E-state index in [1.165, 1.54) is 0 Å². The van der Waals surface area contributed by atoms with Crippen molar-refractivity contribution in [1.82, 2.24) is 0 Å². The molecule has 0 heterocycles. The lowest BCUT2D eigenvalue weighted by molar-refractivity contribution is -0.120. The van der Waals surface area contributed by atoms with Crippen LogP contribution in [0.25, 0.3) is 0 Å². The number of carbonyl (C=O) groups is 1. The van der Waals surface area contributed by atoms with Crippen LogP contribution in [0.15, 0.2) is 54.6 Å². The van der Waals surface area contributed by atoms with Gasteiger partial charge in [-0.1, -0.05) is 18.2 Å². The van der Waals surface area contributed by atoms with Crippen LogP contribution in [0.1, 0.15) is 0 Å². The molecular formula is C16H17NO3. The van der Waals surface area contributed by atoms with Gasteiger partial charge in [-0.25, -0.2) is 0 Å². The predicted molar refractivity (Wildman–Crippen MR) is 78.3 cm³/mol. The Labute approximate surface area is 118 Å². The van der Waals surface area contributed by atoms with Gasteiger partial charge in [0.1, 0.15) is 11.5 Å². The molecule has 2 rings (SSSR count). The van der Waals surface area contributed by atoms with Gasteiger partial charge in [-0.05, 0) is 36.4 Å². The lowest BCUT2D eigenvalue weighted by Crippen LogP contribution is -2.31. The van der Waals surface area contributed by atoms with E-state index in [9.17, 15) is 4.79 Å². The molecule has 0 aliphatic rings. The first-order chi connectivity index (χ1) is 9.70. The molecule has 0 spiro atoms. The van der Waals surface area contributed by atoms with E-state index in [4.69, 9.17) is 9.47 Å². The van der Waals surface area contributed by atoms with Crippen LogP contribution in [0.3, 0.4) is 0 Å². The fraction of sp³-hybridized carbons (Fsp3) is 0.188. The van der Waals surface area contributed by atoms with E-state index in [0.29, 0.717) is 5.75 Å². The summed E-state index contributed by atoms with van der Waals surface area (Å²) in [5.74, 6) is 1.33. The normalized spacial score (nSPS) is 9.90. The SMILES string of the molecule is COc1ccc(N(C)C(=O)COc2ccccc2)cc1. The highest BCUT2D eigenvalue weighted by Crippen LogP contribution is 2.18. The lowest BCUT2D eigenvalue weighted by Gasteiger charge is -2.17. The number of carbonyl (C=O) groups excluding carboxylic acids is 1. The number of hydrogen-bond acceptors (Lipinski definition) is 3. The molecule has 0 aromatic heterocycles. The number of rotatable bonds is 5. The highest BCUT2D eigenvalue weighted by molar-refractivity contribution is 5.93. The highest BCUT2D eigenvalue weighted by Gasteiger charge is 2.11. The first kappa shape index (κ1) is 13.9. The molecule has 0 atom stereocenters. The second kappa shape index (κ2) is 6.61. The molecule has 1 amide bonds. The summed E-state index contributed by atoms with van der Waals surface area (Å²) in [6.45, 7) is 0.00649. The summed E-state index contributed by atoms with van der Waals surface area (Å²) in [5, 5.41) is 0. The van der Waals surface area contributed by atoms with E-state index in [0.717, 1.165) is 11.4 Å². The Kier molecular flexibility index (Phi) is 4.60. The number of hydrogen-bond donors (Lipinski definition) is 0. The Morgan fingerprint density at radius 1 is 1.00 bits per heavy atom. The summed E-state index contributed by atoms with van der Waals surface area (Å²) in [6.07, 6.45) is 0. The Balaban J connectivity index is 1.94. The van der Waals surface area contributed by atoms with Gasteiger partial charge in [0, 0.05) is 12.7 Å². The van der Waals surface area contributed by atoms with Gasteiger partial charge in [0.15, 0.2) is 6.61 Å². The number of ether oxygens (including phenoxy) is 2. The van der Waals surface area contributed by atoms with E-state index < -0.39 is 0 Å². The molecule has 20 heavy (non-hydrogen) atoms. The van der Waals surface area contributed by atoms with Crippen molar-refractivity contribution in [2.24, 2.45) is 0 Å². The summed E-state index contributed by atoms with van der Waals surface area (Å²) >= 11 is 0. The highest BCUT2D eigenvalue weighted by atomic mass is 16.5. The van der Waals surface area contributed by atoms with E-state index in [2.05, 4.69) is 0 Å². The Hall–Kier alpha value is -2.49.